The van der Waals surface area contributed by atoms with Gasteiger partial charge in [0.2, 0.25) is 5.91 Å². The molecular formula is C33H26F16N2O3. The van der Waals surface area contributed by atoms with Gasteiger partial charge in [0.15, 0.2) is 0 Å². The minimum absolute atomic E-state index is 0.0696. The number of alkyl carbamates (subject to hydrolysis) is 1. The third-order valence-corrected chi connectivity index (χ3v) is 7.73. The number of carbonyl (C=O) groups excluding carboxylic acids is 2. The molecular weight excluding hydrogens is 776 g/mol. The molecule has 54 heavy (non-hydrogen) atoms. The van der Waals surface area contributed by atoms with Crippen LogP contribution in [0.15, 0.2) is 78.9 Å². The van der Waals surface area contributed by atoms with Gasteiger partial charge in [0.1, 0.15) is 12.6 Å². The molecule has 5 nitrogen and oxygen atoms in total. The van der Waals surface area contributed by atoms with Crippen molar-refractivity contribution in [3.8, 4) is 0 Å². The van der Waals surface area contributed by atoms with Crippen molar-refractivity contribution in [2.24, 2.45) is 0 Å². The number of aryl methyl sites for hydroxylation is 1. The molecule has 298 valence electrons. The molecule has 0 unspecified atom stereocenters. The molecule has 0 spiro atoms. The molecule has 3 aromatic carbocycles. The predicted octanol–water partition coefficient (Wildman–Crippen LogP) is 9.53. The first-order valence-corrected chi connectivity index (χ1v) is 15.1. The van der Waals surface area contributed by atoms with Crippen LogP contribution in [0.4, 0.5) is 75.0 Å². The van der Waals surface area contributed by atoms with Gasteiger partial charge in [-0.15, -0.1) is 0 Å². The van der Waals surface area contributed by atoms with Crippen LogP contribution in [0, 0.1) is 0 Å². The topological polar surface area (TPSA) is 67.4 Å². The summed E-state index contributed by atoms with van der Waals surface area (Å²) >= 11 is 0. The van der Waals surface area contributed by atoms with Crippen molar-refractivity contribution in [3.63, 3.8) is 0 Å². The number of alkyl halides is 16. The van der Waals surface area contributed by atoms with E-state index in [2.05, 4.69) is 10.6 Å². The van der Waals surface area contributed by atoms with E-state index >= 15 is 0 Å². The van der Waals surface area contributed by atoms with Gasteiger partial charge in [-0.25, -0.2) is 4.79 Å². The summed E-state index contributed by atoms with van der Waals surface area (Å²) in [6.07, 6.45) is -17.2. The van der Waals surface area contributed by atoms with E-state index in [1.54, 1.807) is 30.3 Å². The Balaban J connectivity index is 1.63. The number of ether oxygens (including phenoxy) is 1. The number of carbonyl (C=O) groups is 2. The van der Waals surface area contributed by atoms with Gasteiger partial charge in [-0.3, -0.25) is 4.79 Å². The van der Waals surface area contributed by atoms with Crippen molar-refractivity contribution in [2.45, 2.75) is 80.4 Å². The lowest BCUT2D eigenvalue weighted by molar-refractivity contribution is -0.440. The number of nitrogens with one attached hydrogen (secondary N) is 2. The molecule has 0 bridgehead atoms. The second kappa shape index (κ2) is 15.9. The Hall–Kier alpha value is -4.72. The minimum atomic E-state index is -7.99. The summed E-state index contributed by atoms with van der Waals surface area (Å²) < 4.78 is 218. The highest BCUT2D eigenvalue weighted by Gasteiger charge is 2.90. The zero-order chi connectivity index (χ0) is 41.0. The maximum Gasteiger partial charge on any atom is 0.460 e. The summed E-state index contributed by atoms with van der Waals surface area (Å²) in [7, 11) is 0. The van der Waals surface area contributed by atoms with Gasteiger partial charge in [0.25, 0.3) is 0 Å². The van der Waals surface area contributed by atoms with Crippen LogP contribution in [0.5, 0.6) is 0 Å². The van der Waals surface area contributed by atoms with Crippen LogP contribution in [-0.4, -0.2) is 53.8 Å². The third-order valence-electron chi connectivity index (χ3n) is 7.73. The highest BCUT2D eigenvalue weighted by molar-refractivity contribution is 5.85. The smallest absolute Gasteiger partial charge is 0.445 e. The van der Waals surface area contributed by atoms with Gasteiger partial charge < -0.3 is 15.4 Å². The van der Waals surface area contributed by atoms with Crippen molar-refractivity contribution in [2.75, 3.05) is 0 Å². The van der Waals surface area contributed by atoms with Crippen LogP contribution >= 0.6 is 0 Å². The Morgan fingerprint density at radius 1 is 0.593 bits per heavy atom. The van der Waals surface area contributed by atoms with E-state index in [9.17, 15) is 79.8 Å². The van der Waals surface area contributed by atoms with Crippen LogP contribution in [0.1, 0.15) is 34.2 Å². The molecule has 0 radical (unpaired) electrons. The Morgan fingerprint density at radius 3 is 1.69 bits per heavy atom. The first-order chi connectivity index (χ1) is 24.6. The Labute approximate surface area is 294 Å². The Kier molecular flexibility index (Phi) is 12.9. The number of rotatable bonds is 15. The maximum absolute atomic E-state index is 14.2. The fourth-order valence-corrected chi connectivity index (χ4v) is 4.62. The third kappa shape index (κ3) is 9.68. The molecule has 1 atom stereocenters. The second-order valence-electron chi connectivity index (χ2n) is 11.7. The molecule has 3 rings (SSSR count). The molecule has 0 aliphatic heterocycles. The highest BCUT2D eigenvalue weighted by Crippen LogP contribution is 2.60. The lowest BCUT2D eigenvalue weighted by Crippen LogP contribution is -2.70. The molecule has 2 N–H and O–H groups in total. The number of benzene rings is 3. The van der Waals surface area contributed by atoms with Crippen molar-refractivity contribution < 1.29 is 84.6 Å². The normalized spacial score (nSPS) is 14.0. The number of amides is 2. The van der Waals surface area contributed by atoms with Crippen LogP contribution in [0.3, 0.4) is 0 Å². The van der Waals surface area contributed by atoms with Gasteiger partial charge in [-0.1, -0.05) is 66.7 Å². The predicted molar refractivity (Wildman–Crippen MR) is 156 cm³/mol. The minimum Gasteiger partial charge on any atom is -0.445 e. The summed E-state index contributed by atoms with van der Waals surface area (Å²) in [5.41, 5.74) is -0.623. The quantitative estimate of drug-likeness (QED) is 0.151. The lowest BCUT2D eigenvalue weighted by atomic mass is 9.91. The molecule has 0 aliphatic carbocycles. The summed E-state index contributed by atoms with van der Waals surface area (Å²) in [5, 5.41) is 4.69. The van der Waals surface area contributed by atoms with Gasteiger partial charge in [0.05, 0.1) is 5.56 Å². The van der Waals surface area contributed by atoms with Gasteiger partial charge in [0, 0.05) is 19.4 Å². The summed E-state index contributed by atoms with van der Waals surface area (Å²) in [4.78, 5) is 25.5. The van der Waals surface area contributed by atoms with Crippen LogP contribution in [0.2, 0.25) is 0 Å². The Bertz CT molecular complexity index is 1730. The van der Waals surface area contributed by atoms with Gasteiger partial charge in [-0.2, -0.15) is 70.2 Å². The van der Waals surface area contributed by atoms with Gasteiger partial charge >= 0.3 is 48.1 Å². The molecule has 2 amide bonds. The molecule has 0 heterocycles. The largest absolute Gasteiger partial charge is 0.460 e. The number of halogens is 16. The number of hydrogen-bond acceptors (Lipinski definition) is 3. The van der Waals surface area contributed by atoms with E-state index in [1.165, 1.54) is 6.07 Å². The SMILES string of the molecule is O=C(N[C@H](Cc1ccccc1)C(=O)NCc1cccc(C(F)(F)F)c1)OCc1ccc(CCC(F)(F)C(F)(F)C(F)(F)C(F)(F)C(F)(F)C(F)(F)F)cc1. The van der Waals surface area contributed by atoms with Gasteiger partial charge in [-0.05, 0) is 40.8 Å². The highest BCUT2D eigenvalue weighted by atomic mass is 19.4. The molecule has 21 heteroatoms. The van der Waals surface area contributed by atoms with Crippen LogP contribution in [-0.2, 0) is 41.7 Å². The molecule has 0 aliphatic rings. The molecule has 0 fully saturated rings. The summed E-state index contributed by atoms with van der Waals surface area (Å²) in [6, 6.07) is 14.7. The molecule has 0 saturated carbocycles. The van der Waals surface area contributed by atoms with E-state index in [4.69, 9.17) is 4.74 Å². The molecule has 0 saturated heterocycles. The van der Waals surface area contributed by atoms with Crippen LogP contribution < -0.4 is 10.6 Å². The average molecular weight is 803 g/mol. The van der Waals surface area contributed by atoms with E-state index in [-0.39, 0.29) is 29.7 Å². The maximum atomic E-state index is 14.2. The molecule has 3 aromatic rings. The van der Waals surface area contributed by atoms with Crippen molar-refractivity contribution >= 4 is 12.0 Å². The fraction of sp³-hybridized carbons (Fsp3) is 0.394. The van der Waals surface area contributed by atoms with E-state index in [0.29, 0.717) is 5.56 Å². The average Bonchev–Trinajstić information content (AvgIpc) is 3.08. The Morgan fingerprint density at radius 2 is 1.13 bits per heavy atom. The van der Waals surface area contributed by atoms with Crippen molar-refractivity contribution in [3.05, 3.63) is 107 Å². The zero-order valence-corrected chi connectivity index (χ0v) is 26.9. The van der Waals surface area contributed by atoms with Crippen molar-refractivity contribution in [1.82, 2.24) is 10.6 Å². The molecule has 0 aromatic heterocycles. The van der Waals surface area contributed by atoms with Crippen molar-refractivity contribution in [1.29, 1.82) is 0 Å². The monoisotopic (exact) mass is 802 g/mol. The fourth-order valence-electron chi connectivity index (χ4n) is 4.62. The van der Waals surface area contributed by atoms with Crippen LogP contribution in [0.25, 0.3) is 0 Å². The van der Waals surface area contributed by atoms with E-state index in [0.717, 1.165) is 42.5 Å². The first kappa shape index (κ1) is 43.7. The lowest BCUT2D eigenvalue weighted by Gasteiger charge is -2.39. The second-order valence-corrected chi connectivity index (χ2v) is 11.7. The first-order valence-electron chi connectivity index (χ1n) is 15.1. The standard InChI is InChI=1S/C33H26F16N2O3/c34-27(35,29(39,40)30(41,42)31(43,44)32(45,46)33(47,48)49)14-13-19-9-11-21(12-10-19)18-54-26(53)51-24(16-20-5-2-1-3-6-20)25(52)50-17-22-7-4-8-23(15-22)28(36,37)38/h1-12,15,24H,13-14,16-18H2,(H,50,52)(H,51,53)/t24-/m1/s1. The van der Waals surface area contributed by atoms with E-state index in [1.807, 2.05) is 0 Å². The summed E-state index contributed by atoms with van der Waals surface area (Å²) in [6.45, 7) is -0.956. The zero-order valence-electron chi connectivity index (χ0n) is 26.9. The summed E-state index contributed by atoms with van der Waals surface area (Å²) in [5.74, 6) is -38.1. The number of hydrogen-bond donors (Lipinski definition) is 2. The van der Waals surface area contributed by atoms with E-state index < -0.39 is 85.0 Å².